The minimum Gasteiger partial charge on any atom is -0.383 e. The van der Waals surface area contributed by atoms with E-state index in [4.69, 9.17) is 15.2 Å². The maximum atomic E-state index is 13.3. The van der Waals surface area contributed by atoms with Crippen molar-refractivity contribution in [3.8, 4) is 0 Å². The molecule has 3 N–H and O–H groups in total. The average Bonchev–Trinajstić information content (AvgIpc) is 3.35. The number of hydrogen-bond acceptors (Lipinski definition) is 7. The van der Waals surface area contributed by atoms with Crippen LogP contribution in [0.2, 0.25) is 0 Å². The van der Waals surface area contributed by atoms with Crippen LogP contribution < -0.4 is 21.9 Å². The van der Waals surface area contributed by atoms with Gasteiger partial charge in [-0.15, -0.1) is 0 Å². The Bertz CT molecular complexity index is 1080. The molecule has 10 nitrogen and oxygen atoms in total. The van der Waals surface area contributed by atoms with Crippen LogP contribution in [0.5, 0.6) is 0 Å². The van der Waals surface area contributed by atoms with Crippen LogP contribution in [0, 0.1) is 5.92 Å². The molecule has 10 heteroatoms. The predicted molar refractivity (Wildman–Crippen MR) is 124 cm³/mol. The summed E-state index contributed by atoms with van der Waals surface area (Å²) in [7, 11) is 0. The molecule has 0 radical (unpaired) electrons. The molecular formula is C23H31N5O5. The van der Waals surface area contributed by atoms with Crippen LogP contribution in [0.3, 0.4) is 0 Å². The highest BCUT2D eigenvalue weighted by Gasteiger charge is 2.33. The number of amides is 1. The summed E-state index contributed by atoms with van der Waals surface area (Å²) in [5.41, 5.74) is 5.88. The molecule has 33 heavy (non-hydrogen) atoms. The number of nitrogen functional groups attached to an aromatic ring is 1. The lowest BCUT2D eigenvalue weighted by Gasteiger charge is -2.35. The zero-order valence-corrected chi connectivity index (χ0v) is 18.9. The summed E-state index contributed by atoms with van der Waals surface area (Å²) in [6.07, 6.45) is 1.72. The molecule has 2 aromatic rings. The van der Waals surface area contributed by atoms with Gasteiger partial charge in [-0.25, -0.2) is 4.79 Å². The second-order valence-electron chi connectivity index (χ2n) is 8.45. The Morgan fingerprint density at radius 1 is 1.21 bits per heavy atom. The molecular weight excluding hydrogens is 426 g/mol. The Hall–Kier alpha value is -2.95. The van der Waals surface area contributed by atoms with Crippen molar-refractivity contribution in [1.29, 1.82) is 0 Å². The number of carbonyl (C=O) groups excluding carboxylic acids is 1. The number of benzene rings is 1. The van der Waals surface area contributed by atoms with Crippen molar-refractivity contribution in [3.63, 3.8) is 0 Å². The summed E-state index contributed by atoms with van der Waals surface area (Å²) < 4.78 is 12.6. The molecule has 0 unspecified atom stereocenters. The first-order valence-corrected chi connectivity index (χ1v) is 11.4. The van der Waals surface area contributed by atoms with E-state index in [1.54, 1.807) is 6.92 Å². The van der Waals surface area contributed by atoms with E-state index in [1.165, 1.54) is 9.47 Å². The summed E-state index contributed by atoms with van der Waals surface area (Å²) >= 11 is 0. The minimum absolute atomic E-state index is 0.00838. The zero-order valence-electron chi connectivity index (χ0n) is 18.9. The maximum absolute atomic E-state index is 13.3. The Labute approximate surface area is 191 Å². The Morgan fingerprint density at radius 2 is 1.94 bits per heavy atom. The topological polar surface area (TPSA) is 123 Å². The Balaban J connectivity index is 1.54. The van der Waals surface area contributed by atoms with Gasteiger partial charge in [0.25, 0.3) is 5.56 Å². The quantitative estimate of drug-likeness (QED) is 0.624. The average molecular weight is 458 g/mol. The molecule has 1 aromatic heterocycles. The van der Waals surface area contributed by atoms with Gasteiger partial charge in [-0.3, -0.25) is 24.0 Å². The van der Waals surface area contributed by atoms with Crippen LogP contribution in [-0.4, -0.2) is 66.0 Å². The normalized spacial score (nSPS) is 19.6. The highest BCUT2D eigenvalue weighted by atomic mass is 16.7. The number of likely N-dealkylation sites (N-methyl/N-ethyl adjacent to an activating group) is 1. The van der Waals surface area contributed by atoms with E-state index >= 15 is 0 Å². The number of nitrogens with two attached hydrogens (primary N) is 1. The Kier molecular flexibility index (Phi) is 7.26. The lowest BCUT2D eigenvalue weighted by atomic mass is 9.97. The molecule has 0 aliphatic carbocycles. The monoisotopic (exact) mass is 457 g/mol. The van der Waals surface area contributed by atoms with Crippen molar-refractivity contribution < 1.29 is 14.3 Å². The SMILES string of the molecule is CCN(C(=O)CN1CCC[C@@H](C2OCCO2)C1)c1c(N)n(Cc2ccccc2)c(=O)[nH]c1=O. The molecule has 1 atom stereocenters. The largest absolute Gasteiger partial charge is 0.383 e. The number of rotatable bonds is 7. The van der Waals surface area contributed by atoms with Gasteiger partial charge in [0, 0.05) is 19.0 Å². The number of hydrogen-bond donors (Lipinski definition) is 2. The van der Waals surface area contributed by atoms with Crippen molar-refractivity contribution in [2.75, 3.05) is 50.0 Å². The van der Waals surface area contributed by atoms with Gasteiger partial charge < -0.3 is 20.1 Å². The number of carbonyl (C=O) groups is 1. The summed E-state index contributed by atoms with van der Waals surface area (Å²) in [6.45, 7) is 5.04. The zero-order chi connectivity index (χ0) is 23.4. The van der Waals surface area contributed by atoms with Gasteiger partial charge in [-0.05, 0) is 31.9 Å². The third-order valence-corrected chi connectivity index (χ3v) is 6.22. The molecule has 1 aromatic carbocycles. The number of likely N-dealkylation sites (tertiary alicyclic amines) is 1. The van der Waals surface area contributed by atoms with Crippen LogP contribution >= 0.6 is 0 Å². The first-order chi connectivity index (χ1) is 16.0. The van der Waals surface area contributed by atoms with Crippen LogP contribution in [0.25, 0.3) is 0 Å². The molecule has 3 heterocycles. The van der Waals surface area contributed by atoms with Crippen molar-refractivity contribution in [1.82, 2.24) is 14.5 Å². The standard InChI is InChI=1S/C23H31N5O5/c1-2-27(18(29)15-26-10-6-9-17(14-26)22-32-11-12-33-22)19-20(24)28(23(31)25-21(19)30)13-16-7-4-3-5-8-16/h3-5,7-8,17,22H,2,6,9-15,24H2,1H3,(H,25,30,31)/t17-/m1/s1. The molecule has 1 amide bonds. The van der Waals surface area contributed by atoms with E-state index in [1.807, 2.05) is 30.3 Å². The minimum atomic E-state index is -0.665. The van der Waals surface area contributed by atoms with E-state index in [0.29, 0.717) is 19.8 Å². The highest BCUT2D eigenvalue weighted by molar-refractivity contribution is 5.96. The van der Waals surface area contributed by atoms with E-state index < -0.39 is 11.2 Å². The van der Waals surface area contributed by atoms with Crippen molar-refractivity contribution in [2.45, 2.75) is 32.6 Å². The predicted octanol–water partition coefficient (Wildman–Crippen LogP) is 0.605. The van der Waals surface area contributed by atoms with Crippen molar-refractivity contribution in [3.05, 3.63) is 56.7 Å². The Morgan fingerprint density at radius 3 is 2.64 bits per heavy atom. The second kappa shape index (κ2) is 10.3. The molecule has 2 fully saturated rings. The van der Waals surface area contributed by atoms with Gasteiger partial charge >= 0.3 is 5.69 Å². The molecule has 0 bridgehead atoms. The first-order valence-electron chi connectivity index (χ1n) is 11.4. The molecule has 2 aliphatic rings. The molecule has 4 rings (SSSR count). The van der Waals surface area contributed by atoms with Gasteiger partial charge in [0.05, 0.1) is 26.3 Å². The van der Waals surface area contributed by atoms with Crippen molar-refractivity contribution in [2.24, 2.45) is 5.92 Å². The van der Waals surface area contributed by atoms with E-state index in [-0.39, 0.29) is 49.3 Å². The summed E-state index contributed by atoms with van der Waals surface area (Å²) in [6, 6.07) is 9.33. The molecule has 178 valence electrons. The highest BCUT2D eigenvalue weighted by Crippen LogP contribution is 2.25. The van der Waals surface area contributed by atoms with E-state index in [2.05, 4.69) is 9.88 Å². The number of nitrogens with one attached hydrogen (secondary N) is 1. The fourth-order valence-corrected chi connectivity index (χ4v) is 4.60. The van der Waals surface area contributed by atoms with Gasteiger partial charge in [-0.2, -0.15) is 0 Å². The number of aromatic nitrogens is 2. The molecule has 0 saturated carbocycles. The van der Waals surface area contributed by atoms with Gasteiger partial charge in [0.15, 0.2) is 12.0 Å². The molecule has 2 saturated heterocycles. The van der Waals surface area contributed by atoms with Crippen LogP contribution in [-0.2, 0) is 20.8 Å². The first kappa shape index (κ1) is 23.2. The number of nitrogens with zero attached hydrogens (tertiary/aromatic N) is 3. The third-order valence-electron chi connectivity index (χ3n) is 6.22. The number of aromatic amines is 1. The maximum Gasteiger partial charge on any atom is 0.330 e. The summed E-state index contributed by atoms with van der Waals surface area (Å²) in [5.74, 6) is -0.0500. The van der Waals surface area contributed by atoms with Crippen LogP contribution in [0.1, 0.15) is 25.3 Å². The van der Waals surface area contributed by atoms with Crippen molar-refractivity contribution >= 4 is 17.4 Å². The number of anilines is 2. The van der Waals surface area contributed by atoms with Gasteiger partial charge in [0.1, 0.15) is 5.82 Å². The van der Waals surface area contributed by atoms with Crippen LogP contribution in [0.4, 0.5) is 11.5 Å². The van der Waals surface area contributed by atoms with Gasteiger partial charge in [0.2, 0.25) is 5.91 Å². The number of piperidine rings is 1. The lowest BCUT2D eigenvalue weighted by molar-refractivity contribution is -0.123. The van der Waals surface area contributed by atoms with E-state index in [9.17, 15) is 14.4 Å². The molecule has 2 aliphatic heterocycles. The fourth-order valence-electron chi connectivity index (χ4n) is 4.60. The van der Waals surface area contributed by atoms with Crippen LogP contribution in [0.15, 0.2) is 39.9 Å². The van der Waals surface area contributed by atoms with E-state index in [0.717, 1.165) is 24.9 Å². The fraction of sp³-hybridized carbons (Fsp3) is 0.522. The summed E-state index contributed by atoms with van der Waals surface area (Å²) in [5, 5.41) is 0. The molecule has 0 spiro atoms. The lowest BCUT2D eigenvalue weighted by Crippen LogP contribution is -2.48. The van der Waals surface area contributed by atoms with Gasteiger partial charge in [-0.1, -0.05) is 30.3 Å². The summed E-state index contributed by atoms with van der Waals surface area (Å²) in [4.78, 5) is 44.2. The second-order valence-corrected chi connectivity index (χ2v) is 8.45. The third kappa shape index (κ3) is 5.18. The number of H-pyrrole nitrogens is 1. The smallest absolute Gasteiger partial charge is 0.330 e. The number of ether oxygens (including phenoxy) is 2.